The van der Waals surface area contributed by atoms with Crippen molar-refractivity contribution in [2.75, 3.05) is 19.7 Å². The van der Waals surface area contributed by atoms with Gasteiger partial charge >= 0.3 is 0 Å². The molecule has 2 aliphatic rings. The highest BCUT2D eigenvalue weighted by Gasteiger charge is 2.35. The van der Waals surface area contributed by atoms with Gasteiger partial charge in [-0.15, -0.1) is 0 Å². The largest absolute Gasteiger partial charge is 0.492 e. The van der Waals surface area contributed by atoms with Crippen molar-refractivity contribution in [3.63, 3.8) is 0 Å². The van der Waals surface area contributed by atoms with E-state index >= 15 is 0 Å². The molecule has 1 saturated carbocycles. The minimum absolute atomic E-state index is 0.0570. The summed E-state index contributed by atoms with van der Waals surface area (Å²) < 4.78 is 32.9. The standard InChI is InChI=1S/C19H25N3O4S/c1-2-10-26-18-8-7-17(11-15(18)12-20)27(24,25)22-9-3-4-14(13-22)19(23)21-16-5-6-16/h7-8,11,14,16H,2-6,9-10,13H2,1H3,(H,21,23). The molecular weight excluding hydrogens is 366 g/mol. The van der Waals surface area contributed by atoms with Crippen LogP contribution in [0.25, 0.3) is 0 Å². The van der Waals surface area contributed by atoms with Crippen LogP contribution in [-0.4, -0.2) is 44.4 Å². The quantitative estimate of drug-likeness (QED) is 0.767. The molecule has 0 bridgehead atoms. The van der Waals surface area contributed by atoms with Gasteiger partial charge in [0.2, 0.25) is 15.9 Å². The van der Waals surface area contributed by atoms with Crippen LogP contribution in [0.1, 0.15) is 44.6 Å². The van der Waals surface area contributed by atoms with Crippen molar-refractivity contribution in [2.24, 2.45) is 5.92 Å². The maximum absolute atomic E-state index is 13.0. The Kier molecular flexibility index (Phi) is 6.02. The van der Waals surface area contributed by atoms with E-state index in [1.54, 1.807) is 0 Å². The van der Waals surface area contributed by atoms with Crippen LogP contribution in [0.4, 0.5) is 0 Å². The van der Waals surface area contributed by atoms with Crippen LogP contribution in [0.3, 0.4) is 0 Å². The third kappa shape index (κ3) is 4.60. The lowest BCUT2D eigenvalue weighted by molar-refractivity contribution is -0.126. The third-order valence-corrected chi connectivity index (χ3v) is 6.71. The summed E-state index contributed by atoms with van der Waals surface area (Å²) in [4.78, 5) is 12.4. The van der Waals surface area contributed by atoms with E-state index in [1.807, 2.05) is 13.0 Å². The second-order valence-corrected chi connectivity index (χ2v) is 9.04. The molecule has 2 fully saturated rings. The Morgan fingerprint density at radius 3 is 2.81 bits per heavy atom. The Balaban J connectivity index is 1.76. The number of nitrogens with one attached hydrogen (secondary N) is 1. The topological polar surface area (TPSA) is 99.5 Å². The number of nitriles is 1. The van der Waals surface area contributed by atoms with Gasteiger partial charge in [-0.3, -0.25) is 4.79 Å². The highest BCUT2D eigenvalue weighted by atomic mass is 32.2. The first-order valence-electron chi connectivity index (χ1n) is 9.43. The molecule has 1 heterocycles. The van der Waals surface area contributed by atoms with Crippen LogP contribution < -0.4 is 10.1 Å². The highest BCUT2D eigenvalue weighted by Crippen LogP contribution is 2.28. The van der Waals surface area contributed by atoms with Crippen molar-refractivity contribution in [3.8, 4) is 11.8 Å². The summed E-state index contributed by atoms with van der Waals surface area (Å²) in [6, 6.07) is 6.62. The first-order chi connectivity index (χ1) is 13.0. The van der Waals surface area contributed by atoms with Gasteiger partial charge in [-0.05, 0) is 50.3 Å². The predicted molar refractivity (Wildman–Crippen MR) is 99.6 cm³/mol. The molecule has 3 rings (SSSR count). The van der Waals surface area contributed by atoms with Gasteiger partial charge in [-0.1, -0.05) is 6.92 Å². The lowest BCUT2D eigenvalue weighted by atomic mass is 9.99. The summed E-state index contributed by atoms with van der Waals surface area (Å²) in [5.74, 6) is 0.00813. The molecule has 27 heavy (non-hydrogen) atoms. The number of ether oxygens (including phenoxy) is 1. The molecule has 1 aliphatic heterocycles. The van der Waals surface area contributed by atoms with Crippen LogP contribution in [-0.2, 0) is 14.8 Å². The zero-order valence-corrected chi connectivity index (χ0v) is 16.3. The Labute approximate surface area is 160 Å². The molecule has 7 nitrogen and oxygen atoms in total. The third-order valence-electron chi connectivity index (χ3n) is 4.85. The van der Waals surface area contributed by atoms with E-state index in [1.165, 1.54) is 22.5 Å². The summed E-state index contributed by atoms with van der Waals surface area (Å²) in [5, 5.41) is 12.3. The molecule has 1 amide bonds. The van der Waals surface area contributed by atoms with Crippen molar-refractivity contribution in [1.82, 2.24) is 9.62 Å². The Bertz CT molecular complexity index is 843. The number of amides is 1. The number of nitrogens with zero attached hydrogens (tertiary/aromatic N) is 2. The van der Waals surface area contributed by atoms with E-state index in [2.05, 4.69) is 5.32 Å². The van der Waals surface area contributed by atoms with E-state index in [9.17, 15) is 18.5 Å². The molecule has 0 radical (unpaired) electrons. The molecule has 1 aromatic rings. The molecule has 146 valence electrons. The molecule has 1 saturated heterocycles. The van der Waals surface area contributed by atoms with Crippen molar-refractivity contribution in [1.29, 1.82) is 5.26 Å². The number of benzene rings is 1. The Morgan fingerprint density at radius 2 is 2.15 bits per heavy atom. The van der Waals surface area contributed by atoms with Gasteiger partial charge < -0.3 is 10.1 Å². The lowest BCUT2D eigenvalue weighted by Gasteiger charge is -2.31. The first-order valence-corrected chi connectivity index (χ1v) is 10.9. The van der Waals surface area contributed by atoms with Crippen LogP contribution in [0.15, 0.2) is 23.1 Å². The zero-order valence-electron chi connectivity index (χ0n) is 15.5. The number of rotatable bonds is 7. The fourth-order valence-corrected chi connectivity index (χ4v) is 4.72. The van der Waals surface area contributed by atoms with Gasteiger partial charge in [-0.2, -0.15) is 9.57 Å². The van der Waals surface area contributed by atoms with E-state index in [0.29, 0.717) is 31.7 Å². The van der Waals surface area contributed by atoms with Gasteiger partial charge in [0.25, 0.3) is 0 Å². The van der Waals surface area contributed by atoms with Crippen LogP contribution in [0, 0.1) is 17.2 Å². The molecular formula is C19H25N3O4S. The van der Waals surface area contributed by atoms with Gasteiger partial charge in [-0.25, -0.2) is 8.42 Å². The molecule has 1 unspecified atom stereocenters. The molecule has 1 aromatic carbocycles. The smallest absolute Gasteiger partial charge is 0.243 e. The Hall–Kier alpha value is -2.11. The summed E-state index contributed by atoms with van der Waals surface area (Å²) in [5.41, 5.74) is 0.199. The maximum atomic E-state index is 13.0. The van der Waals surface area contributed by atoms with Gasteiger partial charge in [0.1, 0.15) is 11.8 Å². The summed E-state index contributed by atoms with van der Waals surface area (Å²) >= 11 is 0. The van der Waals surface area contributed by atoms with Gasteiger partial charge in [0, 0.05) is 19.1 Å². The predicted octanol–water partition coefficient (Wildman–Crippen LogP) is 2.03. The van der Waals surface area contributed by atoms with Gasteiger partial charge in [0.15, 0.2) is 0 Å². The van der Waals surface area contributed by atoms with Crippen molar-refractivity contribution in [3.05, 3.63) is 23.8 Å². The monoisotopic (exact) mass is 391 g/mol. The van der Waals surface area contributed by atoms with E-state index in [0.717, 1.165) is 19.3 Å². The lowest BCUT2D eigenvalue weighted by Crippen LogP contribution is -2.45. The van der Waals surface area contributed by atoms with Gasteiger partial charge in [0.05, 0.1) is 23.0 Å². The molecule has 1 atom stereocenters. The average molecular weight is 391 g/mol. The maximum Gasteiger partial charge on any atom is 0.243 e. The second-order valence-electron chi connectivity index (χ2n) is 7.10. The molecule has 1 N–H and O–H groups in total. The molecule has 1 aliphatic carbocycles. The summed E-state index contributed by atoms with van der Waals surface area (Å²) in [7, 11) is -3.76. The van der Waals surface area contributed by atoms with Crippen molar-refractivity contribution >= 4 is 15.9 Å². The molecule has 8 heteroatoms. The van der Waals surface area contributed by atoms with E-state index < -0.39 is 10.0 Å². The van der Waals surface area contributed by atoms with Crippen LogP contribution in [0.2, 0.25) is 0 Å². The van der Waals surface area contributed by atoms with Crippen LogP contribution in [0.5, 0.6) is 5.75 Å². The van der Waals surface area contributed by atoms with Crippen LogP contribution >= 0.6 is 0 Å². The first kappa shape index (κ1) is 19.6. The van der Waals surface area contributed by atoms with Crippen molar-refractivity contribution < 1.29 is 17.9 Å². The minimum Gasteiger partial charge on any atom is -0.492 e. The second kappa shape index (κ2) is 8.28. The summed E-state index contributed by atoms with van der Waals surface area (Å²) in [6.07, 6.45) is 4.14. The fraction of sp³-hybridized carbons (Fsp3) is 0.579. The van der Waals surface area contributed by atoms with E-state index in [-0.39, 0.29) is 34.9 Å². The number of carbonyl (C=O) groups excluding carboxylic acids is 1. The number of sulfonamides is 1. The SMILES string of the molecule is CCCOc1ccc(S(=O)(=O)N2CCCC(C(=O)NC3CC3)C2)cc1C#N. The fourth-order valence-electron chi connectivity index (χ4n) is 3.17. The Morgan fingerprint density at radius 1 is 1.37 bits per heavy atom. The number of piperidine rings is 1. The highest BCUT2D eigenvalue weighted by molar-refractivity contribution is 7.89. The average Bonchev–Trinajstić information content (AvgIpc) is 3.50. The number of hydrogen-bond acceptors (Lipinski definition) is 5. The van der Waals surface area contributed by atoms with Crippen molar-refractivity contribution in [2.45, 2.75) is 50.0 Å². The molecule has 0 spiro atoms. The van der Waals surface area contributed by atoms with E-state index in [4.69, 9.17) is 4.74 Å². The summed E-state index contributed by atoms with van der Waals surface area (Å²) in [6.45, 7) is 2.98. The number of hydrogen-bond donors (Lipinski definition) is 1. The normalized spacial score (nSPS) is 20.7. The number of carbonyl (C=O) groups is 1. The zero-order chi connectivity index (χ0) is 19.4. The molecule has 0 aromatic heterocycles. The minimum atomic E-state index is -3.76.